The van der Waals surface area contributed by atoms with Crippen molar-refractivity contribution in [1.29, 1.82) is 0 Å². The summed E-state index contributed by atoms with van der Waals surface area (Å²) >= 11 is 1.31. The predicted molar refractivity (Wildman–Crippen MR) is 119 cm³/mol. The molecule has 2 aliphatic heterocycles. The fourth-order valence-corrected chi connectivity index (χ4v) is 7.38. The molecule has 2 fully saturated rings. The molecule has 0 radical (unpaired) electrons. The summed E-state index contributed by atoms with van der Waals surface area (Å²) in [6, 6.07) is 5.53. The largest absolute Gasteiger partial charge is 0.444 e. The number of alkyl carbamates (subject to hydrolysis) is 1. The Bertz CT molecular complexity index is 998. The molecule has 8 nitrogen and oxygen atoms in total. The lowest BCUT2D eigenvalue weighted by molar-refractivity contribution is -0.117. The van der Waals surface area contributed by atoms with E-state index in [1.165, 1.54) is 11.8 Å². The Morgan fingerprint density at radius 3 is 2.63 bits per heavy atom. The standard InChI is InChI=1S/C20H27N3O5S2/c1-12-7-6-8-14(13(12)2)23-15-10-30(26,27)11-16(15)29-18(23)22-17(24)9-21-19(25)28-20(3,4)5/h6-8,15-16H,9-11H2,1-5H3,(H,21,25). The van der Waals surface area contributed by atoms with E-state index in [-0.39, 0.29) is 29.3 Å². The van der Waals surface area contributed by atoms with Crippen LogP contribution >= 0.6 is 11.8 Å². The Morgan fingerprint density at radius 2 is 1.97 bits per heavy atom. The van der Waals surface area contributed by atoms with Gasteiger partial charge in [-0.25, -0.2) is 13.2 Å². The first-order valence-corrected chi connectivity index (χ1v) is 12.4. The molecule has 2 atom stereocenters. The number of nitrogens with zero attached hydrogens (tertiary/aromatic N) is 2. The number of fused-ring (bicyclic) bond motifs is 1. The summed E-state index contributed by atoms with van der Waals surface area (Å²) in [6.07, 6.45) is -0.690. The average Bonchev–Trinajstić information content (AvgIpc) is 3.05. The maximum absolute atomic E-state index is 12.4. The molecule has 2 unspecified atom stereocenters. The summed E-state index contributed by atoms with van der Waals surface area (Å²) in [7, 11) is -3.14. The van der Waals surface area contributed by atoms with Gasteiger partial charge in [-0.05, 0) is 51.8 Å². The van der Waals surface area contributed by atoms with Gasteiger partial charge < -0.3 is 15.0 Å². The van der Waals surface area contributed by atoms with E-state index in [1.807, 2.05) is 36.9 Å². The molecule has 1 aromatic carbocycles. The summed E-state index contributed by atoms with van der Waals surface area (Å²) in [5.41, 5.74) is 2.26. The van der Waals surface area contributed by atoms with Crippen LogP contribution in [0.4, 0.5) is 10.5 Å². The van der Waals surface area contributed by atoms with Crippen LogP contribution in [0.5, 0.6) is 0 Å². The summed E-state index contributed by atoms with van der Waals surface area (Å²) in [4.78, 5) is 30.3. The van der Waals surface area contributed by atoms with E-state index in [2.05, 4.69) is 10.3 Å². The average molecular weight is 454 g/mol. The molecular weight excluding hydrogens is 426 g/mol. The van der Waals surface area contributed by atoms with Crippen LogP contribution in [0, 0.1) is 13.8 Å². The molecule has 2 heterocycles. The fraction of sp³-hybridized carbons (Fsp3) is 0.550. The van der Waals surface area contributed by atoms with Crippen molar-refractivity contribution < 1.29 is 22.7 Å². The second-order valence-corrected chi connectivity index (χ2v) is 11.9. The molecule has 0 aromatic heterocycles. The highest BCUT2D eigenvalue weighted by atomic mass is 32.2. The number of anilines is 1. The number of rotatable bonds is 3. The molecule has 2 amide bonds. The third kappa shape index (κ3) is 5.15. The lowest BCUT2D eigenvalue weighted by Gasteiger charge is -2.27. The van der Waals surface area contributed by atoms with E-state index >= 15 is 0 Å². The van der Waals surface area contributed by atoms with Crippen molar-refractivity contribution in [2.75, 3.05) is 23.0 Å². The Morgan fingerprint density at radius 1 is 1.27 bits per heavy atom. The minimum Gasteiger partial charge on any atom is -0.444 e. The molecule has 3 rings (SSSR count). The van der Waals surface area contributed by atoms with Gasteiger partial charge in [-0.1, -0.05) is 23.9 Å². The number of amidine groups is 1. The molecule has 0 bridgehead atoms. The normalized spacial score (nSPS) is 24.0. The van der Waals surface area contributed by atoms with Gasteiger partial charge in [0.25, 0.3) is 5.91 Å². The molecule has 2 saturated heterocycles. The van der Waals surface area contributed by atoms with Crippen LogP contribution < -0.4 is 10.2 Å². The third-order valence-electron chi connectivity index (χ3n) is 4.91. The highest BCUT2D eigenvalue weighted by Gasteiger charge is 2.49. The predicted octanol–water partition coefficient (Wildman–Crippen LogP) is 2.43. The van der Waals surface area contributed by atoms with Crippen LogP contribution in [-0.4, -0.2) is 60.5 Å². The van der Waals surface area contributed by atoms with Crippen LogP contribution in [-0.2, 0) is 19.4 Å². The smallest absolute Gasteiger partial charge is 0.408 e. The highest BCUT2D eigenvalue weighted by Crippen LogP contribution is 2.42. The van der Waals surface area contributed by atoms with Crippen molar-refractivity contribution in [3.8, 4) is 0 Å². The minimum absolute atomic E-state index is 0.0292. The molecule has 164 valence electrons. The lowest BCUT2D eigenvalue weighted by Crippen LogP contribution is -2.39. The number of carbonyl (C=O) groups excluding carboxylic acids is 2. The summed E-state index contributed by atoms with van der Waals surface area (Å²) in [6.45, 7) is 8.86. The van der Waals surface area contributed by atoms with E-state index in [1.54, 1.807) is 20.8 Å². The van der Waals surface area contributed by atoms with Gasteiger partial charge in [0.1, 0.15) is 12.1 Å². The molecule has 0 spiro atoms. The number of nitrogens with one attached hydrogen (secondary N) is 1. The monoisotopic (exact) mass is 453 g/mol. The molecule has 1 N–H and O–H groups in total. The summed E-state index contributed by atoms with van der Waals surface area (Å²) in [5, 5.41) is 2.69. The number of hydrogen-bond acceptors (Lipinski definition) is 6. The van der Waals surface area contributed by atoms with Gasteiger partial charge in [-0.3, -0.25) is 4.79 Å². The Kier molecular flexibility index (Phi) is 6.20. The second kappa shape index (κ2) is 8.22. The molecule has 0 saturated carbocycles. The zero-order valence-corrected chi connectivity index (χ0v) is 19.4. The van der Waals surface area contributed by atoms with Crippen molar-refractivity contribution in [2.45, 2.75) is 51.5 Å². The van der Waals surface area contributed by atoms with Gasteiger partial charge in [0.2, 0.25) is 0 Å². The lowest BCUT2D eigenvalue weighted by atomic mass is 10.1. The van der Waals surface area contributed by atoms with Crippen LogP contribution in [0.25, 0.3) is 0 Å². The topological polar surface area (TPSA) is 105 Å². The van der Waals surface area contributed by atoms with Gasteiger partial charge in [-0.2, -0.15) is 4.99 Å². The third-order valence-corrected chi connectivity index (χ3v) is 8.12. The maximum atomic E-state index is 12.4. The number of sulfone groups is 1. The van der Waals surface area contributed by atoms with Gasteiger partial charge >= 0.3 is 6.09 Å². The zero-order chi connectivity index (χ0) is 22.3. The van der Waals surface area contributed by atoms with Gasteiger partial charge in [-0.15, -0.1) is 0 Å². The quantitative estimate of drug-likeness (QED) is 0.749. The van der Waals surface area contributed by atoms with Crippen molar-refractivity contribution in [1.82, 2.24) is 5.32 Å². The number of hydrogen-bond donors (Lipinski definition) is 1. The molecule has 10 heteroatoms. The van der Waals surface area contributed by atoms with E-state index < -0.39 is 27.4 Å². The van der Waals surface area contributed by atoms with Gasteiger partial charge in [0, 0.05) is 10.9 Å². The maximum Gasteiger partial charge on any atom is 0.408 e. The number of carbonyl (C=O) groups is 2. The second-order valence-electron chi connectivity index (χ2n) is 8.53. The molecule has 1 aromatic rings. The van der Waals surface area contributed by atoms with Crippen LogP contribution in [0.15, 0.2) is 23.2 Å². The molecule has 2 aliphatic rings. The number of ether oxygens (including phenoxy) is 1. The summed E-state index contributed by atoms with van der Waals surface area (Å²) in [5.74, 6) is -0.435. The number of aliphatic imine (C=N–C) groups is 1. The van der Waals surface area contributed by atoms with Crippen molar-refractivity contribution in [3.05, 3.63) is 29.3 Å². The van der Waals surface area contributed by atoms with Crippen LogP contribution in [0.2, 0.25) is 0 Å². The Labute approximate surface area is 181 Å². The molecule has 0 aliphatic carbocycles. The van der Waals surface area contributed by atoms with Crippen molar-refractivity contribution in [2.24, 2.45) is 4.99 Å². The fourth-order valence-electron chi connectivity index (χ4n) is 3.45. The minimum atomic E-state index is -3.14. The van der Waals surface area contributed by atoms with Crippen molar-refractivity contribution in [3.63, 3.8) is 0 Å². The van der Waals surface area contributed by atoms with E-state index in [4.69, 9.17) is 4.74 Å². The first-order chi connectivity index (χ1) is 13.9. The first-order valence-electron chi connectivity index (χ1n) is 9.67. The molecule has 30 heavy (non-hydrogen) atoms. The van der Waals surface area contributed by atoms with E-state index in [0.717, 1.165) is 16.8 Å². The SMILES string of the molecule is Cc1cccc(N2C(=NC(=O)CNC(=O)OC(C)(C)C)SC3CS(=O)(=O)CC32)c1C. The first kappa shape index (κ1) is 22.6. The zero-order valence-electron chi connectivity index (χ0n) is 17.8. The number of aryl methyl sites for hydroxylation is 1. The van der Waals surface area contributed by atoms with Crippen LogP contribution in [0.3, 0.4) is 0 Å². The summed E-state index contributed by atoms with van der Waals surface area (Å²) < 4.78 is 29.5. The number of amides is 2. The van der Waals surface area contributed by atoms with Gasteiger partial charge in [0.15, 0.2) is 15.0 Å². The Balaban J connectivity index is 1.83. The Hall–Kier alpha value is -2.07. The van der Waals surface area contributed by atoms with E-state index in [0.29, 0.717) is 5.17 Å². The number of thioether (sulfide) groups is 1. The number of benzene rings is 1. The highest BCUT2D eigenvalue weighted by molar-refractivity contribution is 8.16. The van der Waals surface area contributed by atoms with Gasteiger partial charge in [0.05, 0.1) is 17.5 Å². The van der Waals surface area contributed by atoms with Crippen molar-refractivity contribution >= 4 is 44.5 Å². The van der Waals surface area contributed by atoms with Crippen LogP contribution in [0.1, 0.15) is 31.9 Å². The van der Waals surface area contributed by atoms with E-state index in [9.17, 15) is 18.0 Å². The molecular formula is C20H27N3O5S2.